The third-order valence-corrected chi connectivity index (χ3v) is 7.43. The minimum absolute atomic E-state index is 0.268. The van der Waals surface area contributed by atoms with Crippen molar-refractivity contribution >= 4 is 0 Å². The van der Waals surface area contributed by atoms with Crippen molar-refractivity contribution in [2.75, 3.05) is 0 Å². The van der Waals surface area contributed by atoms with Crippen LogP contribution in [-0.2, 0) is 5.41 Å². The average molecular weight is 407 g/mol. The second-order valence-corrected chi connectivity index (χ2v) is 8.97. The molecule has 5 aromatic carbocycles. The van der Waals surface area contributed by atoms with Crippen molar-refractivity contribution in [2.24, 2.45) is 0 Å². The first-order valence-electron chi connectivity index (χ1n) is 11.3. The van der Waals surface area contributed by atoms with Gasteiger partial charge in [0, 0.05) is 0 Å². The Morgan fingerprint density at radius 2 is 0.875 bits per heavy atom. The zero-order valence-electron chi connectivity index (χ0n) is 18.0. The molecule has 1 spiro atoms. The zero-order chi connectivity index (χ0) is 21.3. The maximum Gasteiger partial charge on any atom is 0.0725 e. The van der Waals surface area contributed by atoms with Gasteiger partial charge in [-0.15, -0.1) is 0 Å². The van der Waals surface area contributed by atoms with Crippen molar-refractivity contribution in [3.05, 3.63) is 143 Å². The normalized spacial score (nSPS) is 14.0. The van der Waals surface area contributed by atoms with Crippen LogP contribution in [0.25, 0.3) is 33.4 Å². The summed E-state index contributed by atoms with van der Waals surface area (Å²) in [5.74, 6) is 0. The van der Waals surface area contributed by atoms with Crippen molar-refractivity contribution in [3.63, 3.8) is 0 Å². The van der Waals surface area contributed by atoms with Gasteiger partial charge in [-0.05, 0) is 74.2 Å². The van der Waals surface area contributed by atoms with Gasteiger partial charge in [-0.1, -0.05) is 109 Å². The van der Waals surface area contributed by atoms with Gasteiger partial charge < -0.3 is 0 Å². The molecule has 0 heterocycles. The molecule has 0 radical (unpaired) electrons. The van der Waals surface area contributed by atoms with Gasteiger partial charge in [0.05, 0.1) is 5.41 Å². The van der Waals surface area contributed by atoms with Crippen molar-refractivity contribution in [1.29, 1.82) is 0 Å². The van der Waals surface area contributed by atoms with Gasteiger partial charge in [-0.2, -0.15) is 0 Å². The number of hydrogen-bond acceptors (Lipinski definition) is 0. The molecule has 2 aliphatic rings. The summed E-state index contributed by atoms with van der Waals surface area (Å²) in [5, 5.41) is 0. The fourth-order valence-corrected chi connectivity index (χ4v) is 6.18. The molecule has 5 aromatic rings. The Labute approximate surface area is 188 Å². The molecule has 0 bridgehead atoms. The second-order valence-electron chi connectivity index (χ2n) is 8.97. The van der Waals surface area contributed by atoms with E-state index in [9.17, 15) is 0 Å². The Bertz CT molecular complexity index is 1480. The van der Waals surface area contributed by atoms with Gasteiger partial charge in [0.1, 0.15) is 0 Å². The summed E-state index contributed by atoms with van der Waals surface area (Å²) in [6.45, 7) is 2.24. The molecule has 0 nitrogen and oxygen atoms in total. The first-order valence-corrected chi connectivity index (χ1v) is 11.3. The smallest absolute Gasteiger partial charge is 0.0622 e. The quantitative estimate of drug-likeness (QED) is 0.259. The topological polar surface area (TPSA) is 0 Å². The largest absolute Gasteiger partial charge is 0.0725 e. The lowest BCUT2D eigenvalue weighted by atomic mass is 9.70. The van der Waals surface area contributed by atoms with Crippen LogP contribution in [0.5, 0.6) is 0 Å². The molecule has 7 rings (SSSR count). The number of fused-ring (bicyclic) bond motifs is 10. The number of hydrogen-bond donors (Lipinski definition) is 0. The summed E-state index contributed by atoms with van der Waals surface area (Å²) in [6, 6.07) is 42.7. The first-order chi connectivity index (χ1) is 15.8. The van der Waals surface area contributed by atoms with Crippen LogP contribution in [0, 0.1) is 6.92 Å². The first kappa shape index (κ1) is 17.7. The van der Waals surface area contributed by atoms with Crippen LogP contribution in [0.4, 0.5) is 0 Å². The Kier molecular flexibility index (Phi) is 3.50. The summed E-state index contributed by atoms with van der Waals surface area (Å²) >= 11 is 0. The van der Waals surface area contributed by atoms with Gasteiger partial charge in [0.15, 0.2) is 0 Å². The summed E-state index contributed by atoms with van der Waals surface area (Å²) in [6.07, 6.45) is 0. The van der Waals surface area contributed by atoms with Crippen LogP contribution < -0.4 is 0 Å². The molecule has 0 N–H and O–H groups in total. The van der Waals surface area contributed by atoms with E-state index in [0.29, 0.717) is 0 Å². The highest BCUT2D eigenvalue weighted by atomic mass is 14.5. The van der Waals surface area contributed by atoms with Crippen LogP contribution >= 0.6 is 0 Å². The van der Waals surface area contributed by atoms with Crippen molar-refractivity contribution in [3.8, 4) is 33.4 Å². The van der Waals surface area contributed by atoms with Crippen LogP contribution in [0.2, 0.25) is 0 Å². The lowest BCUT2D eigenvalue weighted by molar-refractivity contribution is 0.794. The molecule has 0 amide bonds. The third-order valence-electron chi connectivity index (χ3n) is 7.43. The van der Waals surface area contributed by atoms with Gasteiger partial charge in [0.25, 0.3) is 0 Å². The highest BCUT2D eigenvalue weighted by Crippen LogP contribution is 2.63. The molecule has 0 fully saturated rings. The van der Waals surface area contributed by atoms with E-state index in [0.717, 1.165) is 0 Å². The minimum atomic E-state index is -0.268. The highest BCUT2D eigenvalue weighted by Gasteiger charge is 2.51. The molecule has 0 aromatic heterocycles. The van der Waals surface area contributed by atoms with E-state index >= 15 is 0 Å². The van der Waals surface area contributed by atoms with E-state index < -0.39 is 0 Å². The van der Waals surface area contributed by atoms with Crippen molar-refractivity contribution < 1.29 is 0 Å². The SMILES string of the molecule is Cc1cc2c(cc1-c1ccccc1)C1(c3ccccc3-c3ccccc31)c1ccccc1-2. The lowest BCUT2D eigenvalue weighted by Gasteiger charge is -2.31. The Hall–Kier alpha value is -3.90. The van der Waals surface area contributed by atoms with Crippen molar-refractivity contribution in [1.82, 2.24) is 0 Å². The molecule has 0 unspecified atom stereocenters. The molecule has 32 heavy (non-hydrogen) atoms. The monoisotopic (exact) mass is 406 g/mol. The fraction of sp³-hybridized carbons (Fsp3) is 0.0625. The van der Waals surface area contributed by atoms with Crippen LogP contribution in [0.15, 0.2) is 115 Å². The predicted molar refractivity (Wildman–Crippen MR) is 133 cm³/mol. The maximum absolute atomic E-state index is 2.47. The Morgan fingerprint density at radius 3 is 1.44 bits per heavy atom. The summed E-state index contributed by atoms with van der Waals surface area (Å²) in [7, 11) is 0. The van der Waals surface area contributed by atoms with Gasteiger partial charge in [-0.25, -0.2) is 0 Å². The molecular formula is C32H22. The fourth-order valence-electron chi connectivity index (χ4n) is 6.18. The summed E-state index contributed by atoms with van der Waals surface area (Å²) in [5.41, 5.74) is 14.7. The van der Waals surface area contributed by atoms with Gasteiger partial charge in [-0.3, -0.25) is 0 Å². The molecule has 0 saturated heterocycles. The van der Waals surface area contributed by atoms with Crippen LogP contribution in [-0.4, -0.2) is 0 Å². The predicted octanol–water partition coefficient (Wildman–Crippen LogP) is 8.01. The molecule has 0 atom stereocenters. The number of rotatable bonds is 1. The number of benzene rings is 5. The minimum Gasteiger partial charge on any atom is -0.0622 e. The highest BCUT2D eigenvalue weighted by molar-refractivity contribution is 5.96. The number of aryl methyl sites for hydroxylation is 1. The van der Waals surface area contributed by atoms with Crippen LogP contribution in [0.1, 0.15) is 27.8 Å². The molecule has 0 saturated carbocycles. The lowest BCUT2D eigenvalue weighted by Crippen LogP contribution is -2.25. The molecule has 2 aliphatic carbocycles. The summed E-state index contributed by atoms with van der Waals surface area (Å²) in [4.78, 5) is 0. The molecule has 150 valence electrons. The maximum atomic E-state index is 2.47. The average Bonchev–Trinajstić information content (AvgIpc) is 3.31. The Morgan fingerprint density at radius 1 is 0.406 bits per heavy atom. The molecule has 0 heteroatoms. The van der Waals surface area contributed by atoms with E-state index in [1.807, 2.05) is 0 Å². The third kappa shape index (κ3) is 2.07. The van der Waals surface area contributed by atoms with E-state index in [1.54, 1.807) is 0 Å². The second kappa shape index (κ2) is 6.31. The van der Waals surface area contributed by atoms with E-state index in [4.69, 9.17) is 0 Å². The van der Waals surface area contributed by atoms with Gasteiger partial charge >= 0.3 is 0 Å². The standard InChI is InChI=1S/C32H22/c1-21-19-27-25-15-7-10-18-30(25)32(31(27)20-26(21)22-11-3-2-4-12-22)28-16-8-5-13-23(28)24-14-6-9-17-29(24)32/h2-20H,1H3. The Balaban J connectivity index is 1.66. The van der Waals surface area contributed by atoms with Gasteiger partial charge in [0.2, 0.25) is 0 Å². The molecule has 0 aliphatic heterocycles. The van der Waals surface area contributed by atoms with E-state index in [-0.39, 0.29) is 5.41 Å². The molecular weight excluding hydrogens is 384 g/mol. The summed E-state index contributed by atoms with van der Waals surface area (Å²) < 4.78 is 0. The van der Waals surface area contributed by atoms with Crippen molar-refractivity contribution in [2.45, 2.75) is 12.3 Å². The van der Waals surface area contributed by atoms with E-state index in [2.05, 4.69) is 122 Å². The van der Waals surface area contributed by atoms with Crippen LogP contribution in [0.3, 0.4) is 0 Å². The van der Waals surface area contributed by atoms with E-state index in [1.165, 1.54) is 61.2 Å². The zero-order valence-corrected chi connectivity index (χ0v) is 18.0.